The van der Waals surface area contributed by atoms with E-state index in [0.717, 1.165) is 12.8 Å². The first kappa shape index (κ1) is 23.4. The summed E-state index contributed by atoms with van der Waals surface area (Å²) in [6.45, 7) is 8.11. The van der Waals surface area contributed by atoms with Gasteiger partial charge in [-0.3, -0.25) is 4.79 Å². The van der Waals surface area contributed by atoms with Crippen molar-refractivity contribution in [1.82, 2.24) is 9.47 Å². The number of anilines is 1. The Kier molecular flexibility index (Phi) is 6.03. The predicted octanol–water partition coefficient (Wildman–Crippen LogP) is 3.42. The average Bonchev–Trinajstić information content (AvgIpc) is 3.57. The second-order valence-electron chi connectivity index (χ2n) is 9.89. The Bertz CT molecular complexity index is 1140. The molecule has 1 saturated carbocycles. The number of carbonyl (C=O) groups excluding carboxylic acids is 1. The summed E-state index contributed by atoms with van der Waals surface area (Å²) in [5, 5.41) is 9.84. The molecule has 1 amide bonds. The van der Waals surface area contributed by atoms with Crippen molar-refractivity contribution in [2.75, 3.05) is 31.6 Å². The van der Waals surface area contributed by atoms with Crippen molar-refractivity contribution >= 4 is 22.7 Å². The first-order valence-corrected chi connectivity index (χ1v) is 11.3. The molecule has 9 heteroatoms. The number of aromatic nitrogens is 1. The molecule has 0 spiro atoms. The van der Waals surface area contributed by atoms with Gasteiger partial charge in [0.15, 0.2) is 17.0 Å². The highest BCUT2D eigenvalue weighted by molar-refractivity contribution is 5.92. The monoisotopic (exact) mass is 461 g/mol. The van der Waals surface area contributed by atoms with E-state index in [1.807, 2.05) is 37.2 Å². The average molecular weight is 462 g/mol. The highest BCUT2D eigenvalue weighted by atomic mass is 19.1. The van der Waals surface area contributed by atoms with Crippen molar-refractivity contribution in [3.05, 3.63) is 33.9 Å². The molecule has 1 aliphatic heterocycles. The number of carbonyl (C=O) groups is 1. The van der Waals surface area contributed by atoms with Crippen LogP contribution in [-0.2, 0) is 11.3 Å². The molecule has 33 heavy (non-hydrogen) atoms. The number of aliphatic hydroxyl groups is 1. The zero-order valence-electron chi connectivity index (χ0n) is 19.9. The summed E-state index contributed by atoms with van der Waals surface area (Å²) in [7, 11) is 1.47. The topological polar surface area (TPSA) is 84.2 Å². The number of methoxy groups -OCH3 is 1. The number of fused-ring (bicyclic) bond motifs is 1. The van der Waals surface area contributed by atoms with E-state index in [1.54, 1.807) is 11.1 Å². The highest BCUT2D eigenvalue weighted by Gasteiger charge is 2.35. The summed E-state index contributed by atoms with van der Waals surface area (Å²) >= 11 is 0. The smallest absolute Gasteiger partial charge is 0.410 e. The third-order valence-corrected chi connectivity index (χ3v) is 6.16. The molecule has 2 aliphatic rings. The summed E-state index contributed by atoms with van der Waals surface area (Å²) in [4.78, 5) is 29.0. The SMILES string of the molecule is COc1c(N2CCN(C(=O)OC(C)(C)C)C(C)C2)c(F)cc2c(=O)c(CO)cn(C3CC3)c12. The predicted molar refractivity (Wildman–Crippen MR) is 124 cm³/mol. The molecule has 1 aromatic carbocycles. The number of hydrogen-bond acceptors (Lipinski definition) is 6. The molecule has 4 rings (SSSR count). The molecule has 2 heterocycles. The maximum absolute atomic E-state index is 15.5. The highest BCUT2D eigenvalue weighted by Crippen LogP contribution is 2.44. The van der Waals surface area contributed by atoms with Crippen LogP contribution in [0.25, 0.3) is 10.9 Å². The summed E-state index contributed by atoms with van der Waals surface area (Å²) in [6, 6.07) is 1.22. The zero-order valence-corrected chi connectivity index (χ0v) is 19.9. The minimum Gasteiger partial charge on any atom is -0.492 e. The van der Waals surface area contributed by atoms with E-state index >= 15 is 4.39 Å². The maximum Gasteiger partial charge on any atom is 0.410 e. The molecule has 180 valence electrons. The molecule has 2 aromatic rings. The second-order valence-corrected chi connectivity index (χ2v) is 9.89. The number of nitrogens with zero attached hydrogens (tertiary/aromatic N) is 3. The second kappa shape index (κ2) is 8.52. The van der Waals surface area contributed by atoms with Gasteiger partial charge in [-0.2, -0.15) is 0 Å². The van der Waals surface area contributed by atoms with Crippen LogP contribution in [0.2, 0.25) is 0 Å². The van der Waals surface area contributed by atoms with Crippen LogP contribution in [-0.4, -0.2) is 59.1 Å². The van der Waals surface area contributed by atoms with Crippen molar-refractivity contribution in [3.63, 3.8) is 0 Å². The van der Waals surface area contributed by atoms with E-state index in [9.17, 15) is 14.7 Å². The third-order valence-electron chi connectivity index (χ3n) is 6.16. The van der Waals surface area contributed by atoms with Crippen LogP contribution in [0.5, 0.6) is 5.75 Å². The van der Waals surface area contributed by atoms with Gasteiger partial charge in [-0.1, -0.05) is 0 Å². The van der Waals surface area contributed by atoms with Crippen LogP contribution in [0.15, 0.2) is 17.1 Å². The minimum absolute atomic E-state index is 0.188. The Hall–Kier alpha value is -2.81. The lowest BCUT2D eigenvalue weighted by atomic mass is 10.1. The number of aliphatic hydroxyl groups excluding tert-OH is 1. The zero-order chi connectivity index (χ0) is 24.1. The molecule has 0 radical (unpaired) electrons. The summed E-state index contributed by atoms with van der Waals surface area (Å²) in [5.41, 5.74) is 0.0770. The quantitative estimate of drug-likeness (QED) is 0.751. The lowest BCUT2D eigenvalue weighted by molar-refractivity contribution is 0.0158. The third kappa shape index (κ3) is 4.38. The van der Waals surface area contributed by atoms with E-state index in [1.165, 1.54) is 13.2 Å². The van der Waals surface area contributed by atoms with Crippen LogP contribution >= 0.6 is 0 Å². The lowest BCUT2D eigenvalue weighted by Gasteiger charge is -2.41. The number of rotatable bonds is 4. The Labute approximate surface area is 192 Å². The molecule has 1 atom stereocenters. The number of ether oxygens (including phenoxy) is 2. The molecule has 1 unspecified atom stereocenters. The summed E-state index contributed by atoms with van der Waals surface area (Å²) in [5.74, 6) is -0.261. The normalized spacial score (nSPS) is 19.2. The van der Waals surface area contributed by atoms with Crippen LogP contribution < -0.4 is 15.1 Å². The van der Waals surface area contributed by atoms with E-state index < -0.39 is 23.5 Å². The molecule has 1 aromatic heterocycles. The molecular weight excluding hydrogens is 429 g/mol. The van der Waals surface area contributed by atoms with E-state index in [0.29, 0.717) is 30.9 Å². The Morgan fingerprint density at radius 3 is 2.52 bits per heavy atom. The van der Waals surface area contributed by atoms with E-state index in [-0.39, 0.29) is 34.8 Å². The van der Waals surface area contributed by atoms with Gasteiger partial charge in [0.1, 0.15) is 11.3 Å². The Morgan fingerprint density at radius 1 is 1.27 bits per heavy atom. The van der Waals surface area contributed by atoms with Crippen molar-refractivity contribution in [2.45, 2.75) is 64.8 Å². The number of hydrogen-bond donors (Lipinski definition) is 1. The largest absolute Gasteiger partial charge is 0.492 e. The molecule has 0 bridgehead atoms. The molecular formula is C24H32FN3O5. The minimum atomic E-state index is -0.596. The van der Waals surface area contributed by atoms with E-state index in [2.05, 4.69) is 0 Å². The van der Waals surface area contributed by atoms with Crippen LogP contribution in [0.3, 0.4) is 0 Å². The molecule has 1 N–H and O–H groups in total. The maximum atomic E-state index is 15.5. The molecule has 2 fully saturated rings. The fourth-order valence-electron chi connectivity index (χ4n) is 4.49. The standard InChI is InChI=1S/C24H32FN3O5/c1-14-11-26(8-9-27(14)23(31)33-24(2,3)4)20-18(25)10-17-19(22(20)32-5)28(16-6-7-16)12-15(13-29)21(17)30/h10,12,14,16,29H,6-9,11,13H2,1-5H3. The van der Waals surface area contributed by atoms with Gasteiger partial charge in [-0.05, 0) is 46.6 Å². The Morgan fingerprint density at radius 2 is 1.97 bits per heavy atom. The lowest BCUT2D eigenvalue weighted by Crippen LogP contribution is -2.55. The van der Waals surface area contributed by atoms with Crippen molar-refractivity contribution in [3.8, 4) is 5.75 Å². The summed E-state index contributed by atoms with van der Waals surface area (Å²) < 4.78 is 28.6. The fourth-order valence-corrected chi connectivity index (χ4v) is 4.49. The Balaban J connectivity index is 1.75. The molecule has 1 saturated heterocycles. The van der Waals surface area contributed by atoms with E-state index in [4.69, 9.17) is 9.47 Å². The fraction of sp³-hybridized carbons (Fsp3) is 0.583. The van der Waals surface area contributed by atoms with Gasteiger partial charge in [0, 0.05) is 43.5 Å². The number of halogens is 1. The van der Waals surface area contributed by atoms with Gasteiger partial charge < -0.3 is 28.9 Å². The number of piperazine rings is 1. The van der Waals surface area contributed by atoms with Crippen LogP contribution in [0, 0.1) is 5.82 Å². The number of benzene rings is 1. The molecule has 1 aliphatic carbocycles. The van der Waals surface area contributed by atoms with Crippen LogP contribution in [0.1, 0.15) is 52.1 Å². The van der Waals surface area contributed by atoms with Crippen molar-refractivity contribution < 1.29 is 23.8 Å². The van der Waals surface area contributed by atoms with Crippen molar-refractivity contribution in [1.29, 1.82) is 0 Å². The van der Waals surface area contributed by atoms with Gasteiger partial charge in [0.05, 0.1) is 24.6 Å². The van der Waals surface area contributed by atoms with Gasteiger partial charge in [0.2, 0.25) is 0 Å². The van der Waals surface area contributed by atoms with Gasteiger partial charge in [-0.15, -0.1) is 0 Å². The first-order chi connectivity index (χ1) is 15.6. The van der Waals surface area contributed by atoms with Gasteiger partial charge >= 0.3 is 6.09 Å². The first-order valence-electron chi connectivity index (χ1n) is 11.3. The van der Waals surface area contributed by atoms with Crippen LogP contribution in [0.4, 0.5) is 14.9 Å². The molecule has 8 nitrogen and oxygen atoms in total. The van der Waals surface area contributed by atoms with Crippen molar-refractivity contribution in [2.24, 2.45) is 0 Å². The number of amides is 1. The summed E-state index contributed by atoms with van der Waals surface area (Å²) in [6.07, 6.45) is 3.17. The van der Waals surface area contributed by atoms with Gasteiger partial charge in [-0.25, -0.2) is 9.18 Å². The number of pyridine rings is 1. The van der Waals surface area contributed by atoms with Gasteiger partial charge in [0.25, 0.3) is 0 Å².